The van der Waals surface area contributed by atoms with Crippen LogP contribution in [0.25, 0.3) is 0 Å². The lowest BCUT2D eigenvalue weighted by Gasteiger charge is -2.16. The Morgan fingerprint density at radius 3 is 2.00 bits per heavy atom. The number of nitrogens with one attached hydrogen (secondary N) is 2. The second kappa shape index (κ2) is 9.03. The predicted molar refractivity (Wildman–Crippen MR) is 119 cm³/mol. The third-order valence-electron chi connectivity index (χ3n) is 5.16. The molecule has 3 rings (SSSR count). The van der Waals surface area contributed by atoms with E-state index in [1.54, 1.807) is 28.6 Å². The molecule has 1 heterocycles. The zero-order valence-corrected chi connectivity index (χ0v) is 17.9. The van der Waals surface area contributed by atoms with Crippen molar-refractivity contribution in [2.45, 2.75) is 43.9 Å². The van der Waals surface area contributed by atoms with Crippen molar-refractivity contribution in [1.82, 2.24) is 4.31 Å². The fourth-order valence-electron chi connectivity index (χ4n) is 3.21. The maximum atomic E-state index is 12.6. The molecule has 2 aromatic carbocycles. The Morgan fingerprint density at radius 1 is 1.00 bits per heavy atom. The number of benzene rings is 2. The van der Waals surface area contributed by atoms with Gasteiger partial charge in [0.15, 0.2) is 5.11 Å². The molecule has 7 heteroatoms. The first-order valence-electron chi connectivity index (χ1n) is 9.68. The first-order chi connectivity index (χ1) is 13.4. The van der Waals surface area contributed by atoms with Crippen molar-refractivity contribution in [3.8, 4) is 0 Å². The van der Waals surface area contributed by atoms with Gasteiger partial charge in [-0.05, 0) is 79.4 Å². The molecule has 1 atom stereocenters. The normalized spacial score (nSPS) is 15.9. The van der Waals surface area contributed by atoms with Gasteiger partial charge < -0.3 is 10.6 Å². The van der Waals surface area contributed by atoms with Crippen molar-refractivity contribution < 1.29 is 8.42 Å². The Hall–Kier alpha value is -1.96. The number of thiocarbonyl (C=S) groups is 1. The summed E-state index contributed by atoms with van der Waals surface area (Å²) in [6, 6.07) is 15.0. The van der Waals surface area contributed by atoms with Gasteiger partial charge in [0.25, 0.3) is 0 Å². The zero-order valence-electron chi connectivity index (χ0n) is 16.3. The molecule has 1 saturated heterocycles. The molecular weight excluding hydrogens is 390 g/mol. The topological polar surface area (TPSA) is 61.4 Å². The van der Waals surface area contributed by atoms with Crippen LogP contribution in [0.1, 0.15) is 44.6 Å². The van der Waals surface area contributed by atoms with E-state index in [2.05, 4.69) is 36.6 Å². The predicted octanol–water partition coefficient (Wildman–Crippen LogP) is 4.79. The van der Waals surface area contributed by atoms with Gasteiger partial charge in [0.2, 0.25) is 10.0 Å². The average Bonchev–Trinajstić information content (AvgIpc) is 3.24. The number of anilines is 2. The first-order valence-corrected chi connectivity index (χ1v) is 11.5. The minimum atomic E-state index is -3.39. The van der Waals surface area contributed by atoms with Crippen LogP contribution in [0.3, 0.4) is 0 Å². The molecule has 0 spiro atoms. The number of rotatable bonds is 6. The lowest BCUT2D eigenvalue weighted by atomic mass is 9.99. The van der Waals surface area contributed by atoms with Gasteiger partial charge in [-0.3, -0.25) is 0 Å². The molecule has 2 N–H and O–H groups in total. The molecule has 0 radical (unpaired) electrons. The van der Waals surface area contributed by atoms with Gasteiger partial charge in [-0.2, -0.15) is 4.31 Å². The first kappa shape index (κ1) is 20.8. The Morgan fingerprint density at radius 2 is 1.50 bits per heavy atom. The Balaban J connectivity index is 1.60. The van der Waals surface area contributed by atoms with Crippen LogP contribution in [0.5, 0.6) is 0 Å². The summed E-state index contributed by atoms with van der Waals surface area (Å²) in [5.74, 6) is 0.537. The van der Waals surface area contributed by atoms with Crippen LogP contribution < -0.4 is 10.6 Å². The summed E-state index contributed by atoms with van der Waals surface area (Å²) in [5.41, 5.74) is 2.97. The van der Waals surface area contributed by atoms with E-state index < -0.39 is 10.0 Å². The molecule has 1 unspecified atom stereocenters. The van der Waals surface area contributed by atoms with Crippen LogP contribution in [0.4, 0.5) is 11.4 Å². The van der Waals surface area contributed by atoms with Crippen LogP contribution in [0.15, 0.2) is 53.4 Å². The van der Waals surface area contributed by atoms with Gasteiger partial charge in [0.1, 0.15) is 0 Å². The molecule has 0 amide bonds. The molecule has 0 saturated carbocycles. The molecule has 0 bridgehead atoms. The van der Waals surface area contributed by atoms with E-state index >= 15 is 0 Å². The van der Waals surface area contributed by atoms with Crippen molar-refractivity contribution in [2.24, 2.45) is 0 Å². The summed E-state index contributed by atoms with van der Waals surface area (Å²) in [6.07, 6.45) is 2.96. The third-order valence-corrected chi connectivity index (χ3v) is 7.28. The van der Waals surface area contributed by atoms with Crippen molar-refractivity contribution >= 4 is 38.7 Å². The molecule has 2 aromatic rings. The fraction of sp³-hybridized carbons (Fsp3) is 0.381. The van der Waals surface area contributed by atoms with Gasteiger partial charge >= 0.3 is 0 Å². The highest BCUT2D eigenvalue weighted by molar-refractivity contribution is 7.89. The molecule has 28 heavy (non-hydrogen) atoms. The smallest absolute Gasteiger partial charge is 0.243 e. The Bertz CT molecular complexity index is 904. The summed E-state index contributed by atoms with van der Waals surface area (Å²) in [5, 5.41) is 6.72. The summed E-state index contributed by atoms with van der Waals surface area (Å²) < 4.78 is 26.7. The standard InChI is InChI=1S/C21H27N3O2S2/c1-3-16(2)17-6-8-18(9-7-17)22-21(27)23-19-10-12-20(13-11-19)28(25,26)24-14-4-5-15-24/h6-13,16H,3-5,14-15H2,1-2H3,(H2,22,23,27). The molecule has 1 fully saturated rings. The Kier molecular flexibility index (Phi) is 6.69. The third kappa shape index (κ3) is 4.90. The summed E-state index contributed by atoms with van der Waals surface area (Å²) in [6.45, 7) is 5.60. The number of sulfonamides is 1. The van der Waals surface area contributed by atoms with Gasteiger partial charge in [-0.15, -0.1) is 0 Å². The minimum Gasteiger partial charge on any atom is -0.332 e. The summed E-state index contributed by atoms with van der Waals surface area (Å²) in [4.78, 5) is 0.319. The van der Waals surface area contributed by atoms with Crippen LogP contribution in [0.2, 0.25) is 0 Å². The second-order valence-electron chi connectivity index (χ2n) is 7.15. The molecule has 0 aromatic heterocycles. The molecule has 150 valence electrons. The highest BCUT2D eigenvalue weighted by Gasteiger charge is 2.26. The van der Waals surface area contributed by atoms with Gasteiger partial charge in [0.05, 0.1) is 4.90 Å². The monoisotopic (exact) mass is 417 g/mol. The quantitative estimate of drug-likeness (QED) is 0.662. The van der Waals surface area contributed by atoms with E-state index in [0.29, 0.717) is 29.0 Å². The number of nitrogens with zero attached hydrogens (tertiary/aromatic N) is 1. The summed E-state index contributed by atoms with van der Waals surface area (Å²) in [7, 11) is -3.39. The number of hydrogen-bond acceptors (Lipinski definition) is 3. The van der Waals surface area contributed by atoms with E-state index in [0.717, 1.165) is 30.6 Å². The fourth-order valence-corrected chi connectivity index (χ4v) is 4.96. The van der Waals surface area contributed by atoms with Crippen molar-refractivity contribution in [1.29, 1.82) is 0 Å². The molecule has 1 aliphatic rings. The van der Waals surface area contributed by atoms with E-state index in [9.17, 15) is 8.42 Å². The van der Waals surface area contributed by atoms with Gasteiger partial charge in [-0.25, -0.2) is 8.42 Å². The van der Waals surface area contributed by atoms with E-state index in [1.165, 1.54) is 5.56 Å². The van der Waals surface area contributed by atoms with Crippen LogP contribution in [-0.2, 0) is 10.0 Å². The van der Waals surface area contributed by atoms with Crippen molar-refractivity contribution in [2.75, 3.05) is 23.7 Å². The summed E-state index contributed by atoms with van der Waals surface area (Å²) >= 11 is 5.37. The second-order valence-corrected chi connectivity index (χ2v) is 9.49. The molecule has 5 nitrogen and oxygen atoms in total. The van der Waals surface area contributed by atoms with Crippen LogP contribution in [-0.4, -0.2) is 30.9 Å². The molecular formula is C21H27N3O2S2. The molecule has 0 aliphatic carbocycles. The highest BCUT2D eigenvalue weighted by Crippen LogP contribution is 2.23. The minimum absolute atomic E-state index is 0.319. The maximum Gasteiger partial charge on any atom is 0.243 e. The zero-order chi connectivity index (χ0) is 20.1. The van der Waals surface area contributed by atoms with Crippen molar-refractivity contribution in [3.63, 3.8) is 0 Å². The lowest BCUT2D eigenvalue weighted by molar-refractivity contribution is 0.477. The number of hydrogen-bond donors (Lipinski definition) is 2. The van der Waals surface area contributed by atoms with E-state index in [-0.39, 0.29) is 0 Å². The van der Waals surface area contributed by atoms with Crippen molar-refractivity contribution in [3.05, 3.63) is 54.1 Å². The lowest BCUT2D eigenvalue weighted by Crippen LogP contribution is -2.27. The van der Waals surface area contributed by atoms with Gasteiger partial charge in [-0.1, -0.05) is 26.0 Å². The van der Waals surface area contributed by atoms with Crippen LogP contribution in [0, 0.1) is 0 Å². The highest BCUT2D eigenvalue weighted by atomic mass is 32.2. The van der Waals surface area contributed by atoms with Gasteiger partial charge in [0, 0.05) is 24.5 Å². The average molecular weight is 418 g/mol. The van der Waals surface area contributed by atoms with E-state index in [4.69, 9.17) is 12.2 Å². The Labute approximate surface area is 173 Å². The van der Waals surface area contributed by atoms with E-state index in [1.807, 2.05) is 12.1 Å². The maximum absolute atomic E-state index is 12.6. The molecule has 1 aliphatic heterocycles. The van der Waals surface area contributed by atoms with Crippen LogP contribution >= 0.6 is 12.2 Å². The largest absolute Gasteiger partial charge is 0.332 e. The SMILES string of the molecule is CCC(C)c1ccc(NC(=S)Nc2ccc(S(=O)(=O)N3CCCC3)cc2)cc1.